The van der Waals surface area contributed by atoms with Crippen LogP contribution in [0.4, 0.5) is 0 Å². The van der Waals surface area contributed by atoms with Crippen molar-refractivity contribution in [1.29, 1.82) is 0 Å². The molecule has 1 saturated heterocycles. The highest BCUT2D eigenvalue weighted by Crippen LogP contribution is 2.29. The summed E-state index contributed by atoms with van der Waals surface area (Å²) in [6, 6.07) is 3.77. The second kappa shape index (κ2) is 6.56. The van der Waals surface area contributed by atoms with Gasteiger partial charge in [-0.15, -0.1) is 0 Å². The maximum Gasteiger partial charge on any atom is 0.243 e. The van der Waals surface area contributed by atoms with Gasteiger partial charge < -0.3 is 5.32 Å². The maximum absolute atomic E-state index is 12.8. The second-order valence-corrected chi connectivity index (χ2v) is 7.96. The third kappa shape index (κ3) is 3.24. The Bertz CT molecular complexity index is 581. The zero-order valence-corrected chi connectivity index (χ0v) is 14.3. The van der Waals surface area contributed by atoms with E-state index >= 15 is 0 Å². The lowest BCUT2D eigenvalue weighted by Crippen LogP contribution is -2.36. The summed E-state index contributed by atoms with van der Waals surface area (Å²) in [5, 5.41) is 3.06. The van der Waals surface area contributed by atoms with Crippen molar-refractivity contribution in [2.45, 2.75) is 37.6 Å². The number of rotatable bonds is 4. The quantitative estimate of drug-likeness (QED) is 0.897. The van der Waals surface area contributed by atoms with Gasteiger partial charge in [0.2, 0.25) is 10.0 Å². The Balaban J connectivity index is 2.44. The van der Waals surface area contributed by atoms with Crippen LogP contribution in [0.25, 0.3) is 0 Å². The number of benzene rings is 1. The molecule has 1 aromatic rings. The topological polar surface area (TPSA) is 49.4 Å². The summed E-state index contributed by atoms with van der Waals surface area (Å²) in [4.78, 5) is 0.430. The Labute approximate surface area is 129 Å². The third-order valence-corrected chi connectivity index (χ3v) is 6.52. The van der Waals surface area contributed by atoms with Gasteiger partial charge in [-0.05, 0) is 50.1 Å². The molecule has 0 atom stereocenters. The number of nitrogens with one attached hydrogen (secondary N) is 1. The van der Waals surface area contributed by atoms with Crippen molar-refractivity contribution >= 4 is 26.0 Å². The van der Waals surface area contributed by atoms with Crippen molar-refractivity contribution in [1.82, 2.24) is 9.62 Å². The molecule has 0 spiro atoms. The molecule has 1 heterocycles. The molecule has 1 fully saturated rings. The van der Waals surface area contributed by atoms with E-state index in [4.69, 9.17) is 0 Å². The summed E-state index contributed by atoms with van der Waals surface area (Å²) in [6.45, 7) is 3.77. The molecule has 4 nitrogen and oxygen atoms in total. The zero-order valence-electron chi connectivity index (χ0n) is 11.9. The minimum absolute atomic E-state index is 0.430. The summed E-state index contributed by atoms with van der Waals surface area (Å²) in [7, 11) is -1.53. The van der Waals surface area contributed by atoms with Crippen LogP contribution >= 0.6 is 15.9 Å². The number of hydrogen-bond acceptors (Lipinski definition) is 3. The Hall–Kier alpha value is -0.430. The summed E-state index contributed by atoms with van der Waals surface area (Å²) in [5.74, 6) is 0. The molecule has 1 N–H and O–H groups in total. The molecule has 20 heavy (non-hydrogen) atoms. The first-order valence-corrected chi connectivity index (χ1v) is 9.14. The van der Waals surface area contributed by atoms with Crippen LogP contribution in [0.1, 0.15) is 30.4 Å². The van der Waals surface area contributed by atoms with Crippen molar-refractivity contribution in [2.75, 3.05) is 20.1 Å². The van der Waals surface area contributed by atoms with Gasteiger partial charge in [0, 0.05) is 24.1 Å². The molecule has 1 aliphatic rings. The fourth-order valence-corrected chi connectivity index (χ4v) is 4.98. The third-order valence-electron chi connectivity index (χ3n) is 3.67. The summed E-state index contributed by atoms with van der Waals surface area (Å²) < 4.78 is 28.1. The predicted molar refractivity (Wildman–Crippen MR) is 84.3 cm³/mol. The van der Waals surface area contributed by atoms with E-state index in [0.717, 1.165) is 34.9 Å². The van der Waals surface area contributed by atoms with E-state index in [0.29, 0.717) is 24.5 Å². The van der Waals surface area contributed by atoms with E-state index in [9.17, 15) is 8.42 Å². The molecule has 0 aliphatic carbocycles. The molecule has 0 bridgehead atoms. The van der Waals surface area contributed by atoms with Gasteiger partial charge in [-0.2, -0.15) is 4.31 Å². The molecule has 1 aromatic carbocycles. The number of sulfonamides is 1. The SMILES string of the molecule is CNCc1cc(Br)c(C)c(S(=O)(=O)N2CCCCC2)c1. The first-order valence-electron chi connectivity index (χ1n) is 6.90. The molecular formula is C14H21BrN2O2S. The fraction of sp³-hybridized carbons (Fsp3) is 0.571. The number of hydrogen-bond donors (Lipinski definition) is 1. The van der Waals surface area contributed by atoms with E-state index in [1.165, 1.54) is 0 Å². The predicted octanol–water partition coefficient (Wildman–Crippen LogP) is 2.65. The molecule has 0 radical (unpaired) electrons. The Morgan fingerprint density at radius 2 is 1.90 bits per heavy atom. The van der Waals surface area contributed by atoms with Gasteiger partial charge in [-0.25, -0.2) is 8.42 Å². The van der Waals surface area contributed by atoms with E-state index in [2.05, 4.69) is 21.2 Å². The van der Waals surface area contributed by atoms with Crippen LogP contribution in [0.5, 0.6) is 0 Å². The minimum atomic E-state index is -3.38. The lowest BCUT2D eigenvalue weighted by molar-refractivity contribution is 0.346. The van der Waals surface area contributed by atoms with Crippen LogP contribution in [0, 0.1) is 6.92 Å². The maximum atomic E-state index is 12.8. The highest BCUT2D eigenvalue weighted by Gasteiger charge is 2.28. The Morgan fingerprint density at radius 3 is 2.50 bits per heavy atom. The van der Waals surface area contributed by atoms with Gasteiger partial charge in [0.05, 0.1) is 4.90 Å². The molecule has 0 saturated carbocycles. The van der Waals surface area contributed by atoms with E-state index in [1.54, 1.807) is 10.4 Å². The van der Waals surface area contributed by atoms with Crippen molar-refractivity contribution in [3.63, 3.8) is 0 Å². The molecule has 0 aromatic heterocycles. The van der Waals surface area contributed by atoms with Gasteiger partial charge in [-0.1, -0.05) is 22.4 Å². The fourth-order valence-electron chi connectivity index (χ4n) is 2.53. The van der Waals surface area contributed by atoms with Gasteiger partial charge in [0.25, 0.3) is 0 Å². The highest BCUT2D eigenvalue weighted by molar-refractivity contribution is 9.10. The second-order valence-electron chi connectivity index (χ2n) is 5.20. The number of nitrogens with zero attached hydrogens (tertiary/aromatic N) is 1. The van der Waals surface area contributed by atoms with Gasteiger partial charge in [-0.3, -0.25) is 0 Å². The van der Waals surface area contributed by atoms with Crippen LogP contribution < -0.4 is 5.32 Å². The van der Waals surface area contributed by atoms with Gasteiger partial charge >= 0.3 is 0 Å². The molecule has 6 heteroatoms. The van der Waals surface area contributed by atoms with Crippen LogP contribution in [0.15, 0.2) is 21.5 Å². The summed E-state index contributed by atoms with van der Waals surface area (Å²) in [5.41, 5.74) is 1.76. The van der Waals surface area contributed by atoms with E-state index in [-0.39, 0.29) is 0 Å². The van der Waals surface area contributed by atoms with Crippen molar-refractivity contribution < 1.29 is 8.42 Å². The molecule has 2 rings (SSSR count). The summed E-state index contributed by atoms with van der Waals surface area (Å²) >= 11 is 3.47. The Morgan fingerprint density at radius 1 is 1.25 bits per heavy atom. The smallest absolute Gasteiger partial charge is 0.243 e. The molecule has 112 valence electrons. The zero-order chi connectivity index (χ0) is 14.8. The van der Waals surface area contributed by atoms with E-state index in [1.807, 2.05) is 20.0 Å². The summed E-state index contributed by atoms with van der Waals surface area (Å²) in [6.07, 6.45) is 3.03. The minimum Gasteiger partial charge on any atom is -0.316 e. The standard InChI is InChI=1S/C14H21BrN2O2S/c1-11-13(15)8-12(10-16-2)9-14(11)20(18,19)17-6-4-3-5-7-17/h8-9,16H,3-7,10H2,1-2H3. The van der Waals surface area contributed by atoms with Crippen molar-refractivity contribution in [2.24, 2.45) is 0 Å². The molecule has 0 unspecified atom stereocenters. The van der Waals surface area contributed by atoms with Crippen LogP contribution in [0.2, 0.25) is 0 Å². The normalized spacial score (nSPS) is 17.4. The average Bonchev–Trinajstić information content (AvgIpc) is 2.43. The van der Waals surface area contributed by atoms with Crippen LogP contribution in [-0.2, 0) is 16.6 Å². The van der Waals surface area contributed by atoms with Crippen molar-refractivity contribution in [3.8, 4) is 0 Å². The molecular weight excluding hydrogens is 340 g/mol. The van der Waals surface area contributed by atoms with E-state index < -0.39 is 10.0 Å². The lowest BCUT2D eigenvalue weighted by atomic mass is 10.1. The molecule has 0 amide bonds. The van der Waals surface area contributed by atoms with Crippen LogP contribution in [0.3, 0.4) is 0 Å². The first kappa shape index (κ1) is 15.9. The Kier molecular flexibility index (Phi) is 5.23. The lowest BCUT2D eigenvalue weighted by Gasteiger charge is -2.27. The van der Waals surface area contributed by atoms with Gasteiger partial charge in [0.15, 0.2) is 0 Å². The van der Waals surface area contributed by atoms with Gasteiger partial charge in [0.1, 0.15) is 0 Å². The average molecular weight is 361 g/mol. The van der Waals surface area contributed by atoms with Crippen molar-refractivity contribution in [3.05, 3.63) is 27.7 Å². The van der Waals surface area contributed by atoms with Crippen LogP contribution in [-0.4, -0.2) is 32.9 Å². The first-order chi connectivity index (χ1) is 9.46. The largest absolute Gasteiger partial charge is 0.316 e. The number of piperidine rings is 1. The molecule has 1 aliphatic heterocycles. The highest BCUT2D eigenvalue weighted by atomic mass is 79.9. The number of halogens is 1. The monoisotopic (exact) mass is 360 g/mol.